The molecule has 0 N–H and O–H groups in total. The fourth-order valence-corrected chi connectivity index (χ4v) is 3.72. The molecule has 0 aromatic heterocycles. The molecule has 178 valence electrons. The molecule has 0 aliphatic heterocycles. The Morgan fingerprint density at radius 1 is 0.941 bits per heavy atom. The Labute approximate surface area is 194 Å². The van der Waals surface area contributed by atoms with Crippen molar-refractivity contribution in [3.63, 3.8) is 0 Å². The number of carbonyl (C=O) groups excluding carboxylic acids is 1. The summed E-state index contributed by atoms with van der Waals surface area (Å²) < 4.78 is 69.2. The van der Waals surface area contributed by atoms with Gasteiger partial charge in [-0.05, 0) is 48.0 Å². The summed E-state index contributed by atoms with van der Waals surface area (Å²) in [5, 5.41) is 0. The van der Waals surface area contributed by atoms with E-state index >= 15 is 0 Å². The minimum Gasteiger partial charge on any atom is -0.486 e. The molecule has 0 amide bonds. The van der Waals surface area contributed by atoms with E-state index in [1.165, 1.54) is 0 Å². The molecule has 3 aromatic rings. The number of ether oxygens (including phenoxy) is 3. The Bertz CT molecular complexity index is 1170. The molecular formula is C26H22F4O4. The normalized spacial score (nSPS) is 18.8. The van der Waals surface area contributed by atoms with Gasteiger partial charge >= 0.3 is 12.1 Å². The number of hydrogen-bond donors (Lipinski definition) is 0. The van der Waals surface area contributed by atoms with Gasteiger partial charge in [-0.15, -0.1) is 0 Å². The van der Waals surface area contributed by atoms with Gasteiger partial charge in [-0.1, -0.05) is 44.2 Å². The summed E-state index contributed by atoms with van der Waals surface area (Å²) >= 11 is 0. The van der Waals surface area contributed by atoms with E-state index in [9.17, 15) is 22.4 Å². The second kappa shape index (κ2) is 9.00. The third-order valence-corrected chi connectivity index (χ3v) is 5.75. The van der Waals surface area contributed by atoms with E-state index in [1.54, 1.807) is 38.1 Å². The van der Waals surface area contributed by atoms with E-state index in [2.05, 4.69) is 0 Å². The number of rotatable bonds is 7. The number of alkyl halides is 3. The Hall–Kier alpha value is -3.55. The summed E-state index contributed by atoms with van der Waals surface area (Å²) in [6, 6.07) is 18.4. The number of hydrogen-bond acceptors (Lipinski definition) is 4. The van der Waals surface area contributed by atoms with Crippen LogP contribution in [0.1, 0.15) is 25.0 Å². The number of halogens is 4. The van der Waals surface area contributed by atoms with Crippen molar-refractivity contribution in [3.05, 3.63) is 89.7 Å². The van der Waals surface area contributed by atoms with E-state index in [4.69, 9.17) is 14.2 Å². The predicted octanol–water partition coefficient (Wildman–Crippen LogP) is 6.78. The first-order valence-corrected chi connectivity index (χ1v) is 10.6. The number of carbonyl (C=O) groups is 1. The van der Waals surface area contributed by atoms with Crippen molar-refractivity contribution in [2.75, 3.05) is 0 Å². The van der Waals surface area contributed by atoms with Crippen LogP contribution in [0.4, 0.5) is 17.6 Å². The lowest BCUT2D eigenvalue weighted by molar-refractivity contribution is -0.147. The van der Waals surface area contributed by atoms with Crippen molar-refractivity contribution < 1.29 is 36.6 Å². The Morgan fingerprint density at radius 2 is 1.65 bits per heavy atom. The molecule has 2 atom stereocenters. The zero-order chi connectivity index (χ0) is 24.5. The van der Waals surface area contributed by atoms with Gasteiger partial charge in [0.25, 0.3) is 0 Å². The first kappa shape index (κ1) is 23.6. The molecule has 0 heterocycles. The average molecular weight is 474 g/mol. The third-order valence-electron chi connectivity index (χ3n) is 5.75. The van der Waals surface area contributed by atoms with Crippen LogP contribution >= 0.6 is 0 Å². The summed E-state index contributed by atoms with van der Waals surface area (Å²) in [5.41, 5.74) is -1.06. The Morgan fingerprint density at radius 3 is 2.32 bits per heavy atom. The zero-order valence-electron chi connectivity index (χ0n) is 18.4. The second-order valence-corrected chi connectivity index (χ2v) is 8.65. The lowest BCUT2D eigenvalue weighted by Crippen LogP contribution is -2.13. The van der Waals surface area contributed by atoms with Crippen LogP contribution in [0.15, 0.2) is 72.8 Å². The van der Waals surface area contributed by atoms with Crippen LogP contribution in [0.3, 0.4) is 0 Å². The highest BCUT2D eigenvalue weighted by Gasteiger charge is 2.65. The topological polar surface area (TPSA) is 44.8 Å². The summed E-state index contributed by atoms with van der Waals surface area (Å²) in [4.78, 5) is 12.7. The van der Waals surface area contributed by atoms with Crippen molar-refractivity contribution in [2.45, 2.75) is 32.7 Å². The van der Waals surface area contributed by atoms with Gasteiger partial charge in [-0.25, -0.2) is 4.39 Å². The lowest BCUT2D eigenvalue weighted by atomic mass is 10.1. The highest BCUT2D eigenvalue weighted by atomic mass is 19.4. The van der Waals surface area contributed by atoms with Crippen LogP contribution in [0, 0.1) is 17.2 Å². The van der Waals surface area contributed by atoms with Crippen molar-refractivity contribution in [2.24, 2.45) is 11.3 Å². The molecule has 4 rings (SSSR count). The largest absolute Gasteiger partial charge is 0.486 e. The molecule has 1 fully saturated rings. The van der Waals surface area contributed by atoms with Crippen LogP contribution in [0.25, 0.3) is 0 Å². The molecule has 34 heavy (non-hydrogen) atoms. The van der Waals surface area contributed by atoms with Crippen molar-refractivity contribution in [1.29, 1.82) is 0 Å². The summed E-state index contributed by atoms with van der Waals surface area (Å²) in [6.45, 7) is 3.50. The Kier molecular flexibility index (Phi) is 6.25. The van der Waals surface area contributed by atoms with Gasteiger partial charge in [-0.2, -0.15) is 13.2 Å². The minimum absolute atomic E-state index is 0.00123. The van der Waals surface area contributed by atoms with E-state index < -0.39 is 41.0 Å². The van der Waals surface area contributed by atoms with Crippen LogP contribution in [-0.2, 0) is 22.3 Å². The van der Waals surface area contributed by atoms with Gasteiger partial charge in [0, 0.05) is 5.41 Å². The lowest BCUT2D eigenvalue weighted by Gasteiger charge is -2.11. The standard InChI is InChI=1S/C26H22F4O4/c1-25(2)22(23(25)34-21-12-11-17(14-20(21)27)26(28,29)30)24(31)32-15-16-7-6-10-19(13-16)33-18-8-4-3-5-9-18/h3-14,22-23H,15H2,1-2H3. The second-order valence-electron chi connectivity index (χ2n) is 8.65. The van der Waals surface area contributed by atoms with Gasteiger partial charge in [0.1, 0.15) is 30.1 Å². The van der Waals surface area contributed by atoms with E-state index in [1.807, 2.05) is 30.3 Å². The molecule has 2 unspecified atom stereocenters. The van der Waals surface area contributed by atoms with Crippen LogP contribution < -0.4 is 9.47 Å². The minimum atomic E-state index is -4.66. The van der Waals surface area contributed by atoms with Gasteiger partial charge in [-0.3, -0.25) is 4.79 Å². The summed E-state index contributed by atoms with van der Waals surface area (Å²) in [7, 11) is 0. The highest BCUT2D eigenvalue weighted by molar-refractivity contribution is 5.78. The third kappa shape index (κ3) is 5.16. The van der Waals surface area contributed by atoms with E-state index in [0.717, 1.165) is 12.1 Å². The van der Waals surface area contributed by atoms with Gasteiger partial charge in [0.15, 0.2) is 11.6 Å². The first-order valence-electron chi connectivity index (χ1n) is 10.6. The molecular weight excluding hydrogens is 452 g/mol. The first-order chi connectivity index (χ1) is 16.1. The molecule has 1 saturated carbocycles. The van der Waals surface area contributed by atoms with Crippen LogP contribution in [0.5, 0.6) is 17.2 Å². The van der Waals surface area contributed by atoms with Gasteiger partial charge < -0.3 is 14.2 Å². The van der Waals surface area contributed by atoms with Crippen LogP contribution in [0.2, 0.25) is 0 Å². The molecule has 1 aliphatic rings. The smallest absolute Gasteiger partial charge is 0.416 e. The van der Waals surface area contributed by atoms with Crippen molar-refractivity contribution in [3.8, 4) is 17.2 Å². The van der Waals surface area contributed by atoms with E-state index in [-0.39, 0.29) is 12.4 Å². The van der Waals surface area contributed by atoms with E-state index in [0.29, 0.717) is 23.1 Å². The fourth-order valence-electron chi connectivity index (χ4n) is 3.72. The molecule has 1 aliphatic carbocycles. The maximum Gasteiger partial charge on any atom is 0.416 e. The molecule has 8 heteroatoms. The predicted molar refractivity (Wildman–Crippen MR) is 116 cm³/mol. The van der Waals surface area contributed by atoms with Gasteiger partial charge in [0.05, 0.1) is 5.56 Å². The molecule has 0 bridgehead atoms. The molecule has 0 radical (unpaired) electrons. The SMILES string of the molecule is CC1(C)C(Oc2ccc(C(F)(F)F)cc2F)C1C(=O)OCc1cccc(Oc2ccccc2)c1. The number of esters is 1. The molecule has 0 spiro atoms. The maximum atomic E-state index is 14.2. The number of benzene rings is 3. The number of para-hydroxylation sites is 1. The maximum absolute atomic E-state index is 14.2. The molecule has 3 aromatic carbocycles. The van der Waals surface area contributed by atoms with Crippen molar-refractivity contribution >= 4 is 5.97 Å². The van der Waals surface area contributed by atoms with Gasteiger partial charge in [0.2, 0.25) is 0 Å². The monoisotopic (exact) mass is 474 g/mol. The summed E-state index contributed by atoms with van der Waals surface area (Å²) in [5.74, 6) is -1.43. The average Bonchev–Trinajstić information content (AvgIpc) is 3.33. The van der Waals surface area contributed by atoms with Crippen molar-refractivity contribution in [1.82, 2.24) is 0 Å². The highest BCUT2D eigenvalue weighted by Crippen LogP contribution is 2.55. The molecule has 4 nitrogen and oxygen atoms in total. The molecule has 0 saturated heterocycles. The summed E-state index contributed by atoms with van der Waals surface area (Å²) in [6.07, 6.45) is -5.38. The quantitative estimate of drug-likeness (QED) is 0.280. The zero-order valence-corrected chi connectivity index (χ0v) is 18.4. The Balaban J connectivity index is 1.36. The fraction of sp³-hybridized carbons (Fsp3) is 0.269. The van der Waals surface area contributed by atoms with Crippen LogP contribution in [-0.4, -0.2) is 12.1 Å².